The van der Waals surface area contributed by atoms with Crippen molar-refractivity contribution >= 4 is 0 Å². The van der Waals surface area contributed by atoms with Gasteiger partial charge in [-0.3, -0.25) is 5.10 Å². The molecule has 0 aliphatic carbocycles. The number of pyridine rings is 1. The number of nitrogens with one attached hydrogen (secondary N) is 1. The minimum atomic E-state index is -4.44. The van der Waals surface area contributed by atoms with Gasteiger partial charge in [0.05, 0.1) is 12.8 Å². The molecule has 90 valence electrons. The summed E-state index contributed by atoms with van der Waals surface area (Å²) in [6, 6.07) is 5.69. The molecular formula is C10H8F3N3O. The molecule has 2 aromatic rings. The van der Waals surface area contributed by atoms with Crippen molar-refractivity contribution < 1.29 is 17.9 Å². The van der Waals surface area contributed by atoms with E-state index in [1.54, 1.807) is 18.2 Å². The molecule has 0 aliphatic heterocycles. The Kier molecular flexibility index (Phi) is 2.74. The summed E-state index contributed by atoms with van der Waals surface area (Å²) in [6.07, 6.45) is -4.44. The standard InChI is InChI=1S/C10H8F3N3O/c1-17-9-4-2-3-6(14-9)7-5-8(16-15-7)10(11,12)13/h2-5H,1H3,(H,15,16). The Hall–Kier alpha value is -2.05. The summed E-state index contributed by atoms with van der Waals surface area (Å²) in [4.78, 5) is 3.98. The first-order valence-electron chi connectivity index (χ1n) is 4.65. The van der Waals surface area contributed by atoms with Crippen LogP contribution in [0.3, 0.4) is 0 Å². The van der Waals surface area contributed by atoms with E-state index in [0.29, 0.717) is 11.6 Å². The summed E-state index contributed by atoms with van der Waals surface area (Å²) in [5.41, 5.74) is -0.468. The van der Waals surface area contributed by atoms with Gasteiger partial charge in [-0.05, 0) is 12.1 Å². The normalized spacial score (nSPS) is 11.5. The number of halogens is 3. The van der Waals surface area contributed by atoms with Crippen LogP contribution in [0.4, 0.5) is 13.2 Å². The maximum atomic E-state index is 12.3. The second-order valence-electron chi connectivity index (χ2n) is 3.23. The van der Waals surface area contributed by atoms with Gasteiger partial charge in [0, 0.05) is 6.07 Å². The van der Waals surface area contributed by atoms with Crippen LogP contribution in [0, 0.1) is 0 Å². The number of aromatic nitrogens is 3. The molecule has 0 aromatic carbocycles. The number of alkyl halides is 3. The molecule has 0 radical (unpaired) electrons. The number of hydrogen-bond donors (Lipinski definition) is 1. The molecule has 0 saturated carbocycles. The van der Waals surface area contributed by atoms with E-state index in [2.05, 4.69) is 10.1 Å². The highest BCUT2D eigenvalue weighted by atomic mass is 19.4. The molecule has 7 heteroatoms. The fraction of sp³-hybridized carbons (Fsp3) is 0.200. The summed E-state index contributed by atoms with van der Waals surface area (Å²) >= 11 is 0. The Morgan fingerprint density at radius 1 is 1.24 bits per heavy atom. The number of H-pyrrole nitrogens is 1. The quantitative estimate of drug-likeness (QED) is 0.881. The fourth-order valence-corrected chi connectivity index (χ4v) is 1.27. The van der Waals surface area contributed by atoms with Crippen molar-refractivity contribution in [3.63, 3.8) is 0 Å². The Morgan fingerprint density at radius 2 is 2.00 bits per heavy atom. The van der Waals surface area contributed by atoms with E-state index < -0.39 is 11.9 Å². The summed E-state index contributed by atoms with van der Waals surface area (Å²) in [5, 5.41) is 5.49. The molecule has 0 atom stereocenters. The van der Waals surface area contributed by atoms with Crippen molar-refractivity contribution in [2.24, 2.45) is 0 Å². The molecule has 1 N–H and O–H groups in total. The number of rotatable bonds is 2. The SMILES string of the molecule is COc1cccc(-c2cc(C(F)(F)F)[nH]n2)n1. The van der Waals surface area contributed by atoms with Crippen molar-refractivity contribution in [1.82, 2.24) is 15.2 Å². The molecule has 17 heavy (non-hydrogen) atoms. The maximum absolute atomic E-state index is 12.3. The first kappa shape index (κ1) is 11.4. The highest BCUT2D eigenvalue weighted by molar-refractivity contribution is 5.55. The summed E-state index contributed by atoms with van der Waals surface area (Å²) in [7, 11) is 1.43. The zero-order valence-corrected chi connectivity index (χ0v) is 8.75. The predicted octanol–water partition coefficient (Wildman–Crippen LogP) is 2.50. The van der Waals surface area contributed by atoms with Crippen LogP contribution in [0.1, 0.15) is 5.69 Å². The monoisotopic (exact) mass is 243 g/mol. The number of aromatic amines is 1. The molecule has 2 rings (SSSR count). The third kappa shape index (κ3) is 2.38. The second kappa shape index (κ2) is 4.08. The number of ether oxygens (including phenoxy) is 1. The smallest absolute Gasteiger partial charge is 0.432 e. The molecule has 0 amide bonds. The zero-order valence-electron chi connectivity index (χ0n) is 8.75. The summed E-state index contributed by atoms with van der Waals surface area (Å²) in [6.45, 7) is 0. The summed E-state index contributed by atoms with van der Waals surface area (Å²) < 4.78 is 41.9. The first-order valence-corrected chi connectivity index (χ1v) is 4.65. The molecule has 2 aromatic heterocycles. The molecule has 0 saturated heterocycles. The number of methoxy groups -OCH3 is 1. The van der Waals surface area contributed by atoms with E-state index in [0.717, 1.165) is 6.07 Å². The van der Waals surface area contributed by atoms with E-state index in [1.807, 2.05) is 5.10 Å². The van der Waals surface area contributed by atoms with Crippen LogP contribution in [0.5, 0.6) is 5.88 Å². The molecule has 0 unspecified atom stereocenters. The van der Waals surface area contributed by atoms with Gasteiger partial charge in [-0.25, -0.2) is 4.98 Å². The number of nitrogens with zero attached hydrogens (tertiary/aromatic N) is 2. The van der Waals surface area contributed by atoms with Gasteiger partial charge >= 0.3 is 6.18 Å². The van der Waals surface area contributed by atoms with Gasteiger partial charge in [-0.2, -0.15) is 18.3 Å². The van der Waals surface area contributed by atoms with Crippen molar-refractivity contribution in [2.45, 2.75) is 6.18 Å². The largest absolute Gasteiger partial charge is 0.481 e. The predicted molar refractivity (Wildman–Crippen MR) is 53.4 cm³/mol. The van der Waals surface area contributed by atoms with Crippen LogP contribution in [-0.4, -0.2) is 22.3 Å². The minimum Gasteiger partial charge on any atom is -0.481 e. The highest BCUT2D eigenvalue weighted by Gasteiger charge is 2.33. The zero-order chi connectivity index (χ0) is 12.5. The second-order valence-corrected chi connectivity index (χ2v) is 3.23. The topological polar surface area (TPSA) is 50.8 Å². The highest BCUT2D eigenvalue weighted by Crippen LogP contribution is 2.30. The average Bonchev–Trinajstić information content (AvgIpc) is 2.78. The molecule has 2 heterocycles. The third-order valence-electron chi connectivity index (χ3n) is 2.08. The van der Waals surface area contributed by atoms with Crippen LogP contribution in [0.15, 0.2) is 24.3 Å². The Balaban J connectivity index is 2.37. The molecular weight excluding hydrogens is 235 g/mol. The first-order chi connectivity index (χ1) is 8.00. The number of hydrogen-bond acceptors (Lipinski definition) is 3. The van der Waals surface area contributed by atoms with Gasteiger partial charge in [0.15, 0.2) is 0 Å². The van der Waals surface area contributed by atoms with Crippen LogP contribution >= 0.6 is 0 Å². The third-order valence-corrected chi connectivity index (χ3v) is 2.08. The Bertz CT molecular complexity index is 522. The lowest BCUT2D eigenvalue weighted by Gasteiger charge is -2.00. The lowest BCUT2D eigenvalue weighted by molar-refractivity contribution is -0.141. The lowest BCUT2D eigenvalue weighted by atomic mass is 10.2. The molecule has 0 spiro atoms. The molecule has 0 aliphatic rings. The lowest BCUT2D eigenvalue weighted by Crippen LogP contribution is -2.04. The molecule has 0 bridgehead atoms. The minimum absolute atomic E-state index is 0.122. The van der Waals surface area contributed by atoms with Crippen molar-refractivity contribution in [3.8, 4) is 17.3 Å². The van der Waals surface area contributed by atoms with E-state index >= 15 is 0 Å². The average molecular weight is 243 g/mol. The Morgan fingerprint density at radius 3 is 2.59 bits per heavy atom. The van der Waals surface area contributed by atoms with Crippen LogP contribution in [0.2, 0.25) is 0 Å². The molecule has 4 nitrogen and oxygen atoms in total. The van der Waals surface area contributed by atoms with E-state index in [1.165, 1.54) is 7.11 Å². The van der Waals surface area contributed by atoms with Gasteiger partial charge in [0.1, 0.15) is 11.4 Å². The van der Waals surface area contributed by atoms with Crippen LogP contribution in [-0.2, 0) is 6.18 Å². The van der Waals surface area contributed by atoms with E-state index in [4.69, 9.17) is 4.74 Å². The summed E-state index contributed by atoms with van der Waals surface area (Å²) in [5.74, 6) is 0.319. The Labute approximate surface area is 94.4 Å². The van der Waals surface area contributed by atoms with Gasteiger partial charge in [0.25, 0.3) is 0 Å². The van der Waals surface area contributed by atoms with Gasteiger partial charge in [-0.15, -0.1) is 0 Å². The van der Waals surface area contributed by atoms with Crippen molar-refractivity contribution in [2.75, 3.05) is 7.11 Å². The maximum Gasteiger partial charge on any atom is 0.432 e. The van der Waals surface area contributed by atoms with E-state index in [-0.39, 0.29) is 5.69 Å². The van der Waals surface area contributed by atoms with Crippen LogP contribution < -0.4 is 4.74 Å². The van der Waals surface area contributed by atoms with E-state index in [9.17, 15) is 13.2 Å². The van der Waals surface area contributed by atoms with Gasteiger partial charge < -0.3 is 4.74 Å². The molecule has 0 fully saturated rings. The van der Waals surface area contributed by atoms with Gasteiger partial charge in [-0.1, -0.05) is 6.07 Å². The fourth-order valence-electron chi connectivity index (χ4n) is 1.27. The van der Waals surface area contributed by atoms with Crippen molar-refractivity contribution in [3.05, 3.63) is 30.0 Å². The van der Waals surface area contributed by atoms with Crippen LogP contribution in [0.25, 0.3) is 11.4 Å². The van der Waals surface area contributed by atoms with Gasteiger partial charge in [0.2, 0.25) is 5.88 Å². The van der Waals surface area contributed by atoms with Crippen molar-refractivity contribution in [1.29, 1.82) is 0 Å².